The lowest BCUT2D eigenvalue weighted by Gasteiger charge is -2.00. The molecule has 5 rings (SSSR count). The number of nitrogens with one attached hydrogen (secondary N) is 2. The van der Waals surface area contributed by atoms with E-state index in [4.69, 9.17) is 0 Å². The summed E-state index contributed by atoms with van der Waals surface area (Å²) in [5, 5.41) is 8.63. The molecule has 0 unspecified atom stereocenters. The minimum Gasteiger partial charge on any atom is -0.338 e. The molecule has 0 bridgehead atoms. The molecule has 5 nitrogen and oxygen atoms in total. The Morgan fingerprint density at radius 1 is 0.808 bits per heavy atom. The number of hydrogen-bond acceptors (Lipinski definition) is 3. The van der Waals surface area contributed by atoms with Crippen molar-refractivity contribution in [1.82, 2.24) is 25.1 Å². The zero-order chi connectivity index (χ0) is 17.3. The van der Waals surface area contributed by atoms with Crippen molar-refractivity contribution in [2.24, 2.45) is 0 Å². The molecule has 0 aliphatic carbocycles. The molecular weight excluding hydrogens is 322 g/mol. The molecule has 26 heavy (non-hydrogen) atoms. The number of para-hydroxylation sites is 2. The lowest BCUT2D eigenvalue weighted by Crippen LogP contribution is -1.79. The Morgan fingerprint density at radius 2 is 1.69 bits per heavy atom. The fourth-order valence-corrected chi connectivity index (χ4v) is 3.10. The van der Waals surface area contributed by atoms with Crippen molar-refractivity contribution < 1.29 is 0 Å². The first-order valence-corrected chi connectivity index (χ1v) is 8.38. The van der Waals surface area contributed by atoms with Gasteiger partial charge in [-0.2, -0.15) is 5.10 Å². The smallest absolute Gasteiger partial charge is 0.131 e. The van der Waals surface area contributed by atoms with E-state index in [1.54, 1.807) is 12.4 Å². The van der Waals surface area contributed by atoms with Crippen LogP contribution in [0.15, 0.2) is 67.0 Å². The molecular formula is C21H15N5. The van der Waals surface area contributed by atoms with Crippen LogP contribution in [0.5, 0.6) is 0 Å². The van der Waals surface area contributed by atoms with Crippen molar-refractivity contribution in [3.8, 4) is 11.1 Å². The largest absolute Gasteiger partial charge is 0.338 e. The predicted octanol–water partition coefficient (Wildman–Crippen LogP) is 4.67. The summed E-state index contributed by atoms with van der Waals surface area (Å²) in [6, 6.07) is 18.3. The maximum absolute atomic E-state index is 4.56. The molecule has 5 aromatic rings. The van der Waals surface area contributed by atoms with Crippen molar-refractivity contribution in [3.05, 3.63) is 78.5 Å². The Labute approximate surface area is 149 Å². The number of fused-ring (bicyclic) bond motifs is 2. The first-order valence-electron chi connectivity index (χ1n) is 8.38. The van der Waals surface area contributed by atoms with Gasteiger partial charge in [-0.05, 0) is 59.7 Å². The zero-order valence-corrected chi connectivity index (χ0v) is 13.8. The average molecular weight is 337 g/mol. The Bertz CT molecular complexity index is 1200. The lowest BCUT2D eigenvalue weighted by atomic mass is 10.0. The highest BCUT2D eigenvalue weighted by atomic mass is 15.1. The summed E-state index contributed by atoms with van der Waals surface area (Å²) < 4.78 is 0. The number of nitrogens with zero attached hydrogens (tertiary/aromatic N) is 3. The molecule has 0 aliphatic rings. The molecule has 0 fully saturated rings. The van der Waals surface area contributed by atoms with Crippen LogP contribution in [-0.4, -0.2) is 25.1 Å². The fraction of sp³-hybridized carbons (Fsp3) is 0. The molecule has 0 aliphatic heterocycles. The van der Waals surface area contributed by atoms with Gasteiger partial charge < -0.3 is 4.98 Å². The third-order valence-corrected chi connectivity index (χ3v) is 4.41. The Balaban J connectivity index is 1.49. The van der Waals surface area contributed by atoms with E-state index in [0.29, 0.717) is 0 Å². The summed E-state index contributed by atoms with van der Waals surface area (Å²) >= 11 is 0. The van der Waals surface area contributed by atoms with Crippen molar-refractivity contribution >= 4 is 34.1 Å². The highest BCUT2D eigenvalue weighted by Gasteiger charge is 2.06. The third kappa shape index (κ3) is 2.56. The third-order valence-electron chi connectivity index (χ3n) is 4.41. The van der Waals surface area contributed by atoms with Crippen molar-refractivity contribution in [1.29, 1.82) is 0 Å². The predicted molar refractivity (Wildman–Crippen MR) is 104 cm³/mol. The van der Waals surface area contributed by atoms with E-state index in [9.17, 15) is 0 Å². The van der Waals surface area contributed by atoms with E-state index in [-0.39, 0.29) is 0 Å². The van der Waals surface area contributed by atoms with Crippen LogP contribution in [0.25, 0.3) is 45.2 Å². The van der Waals surface area contributed by atoms with Crippen LogP contribution < -0.4 is 0 Å². The zero-order valence-electron chi connectivity index (χ0n) is 13.8. The van der Waals surface area contributed by atoms with Crippen molar-refractivity contribution in [2.75, 3.05) is 0 Å². The standard InChI is InChI=1S/C21H15N5/c1-2-4-19-18(3-1)23-21(24-19)8-7-17-16-6-5-15(13-20(16)26-25-17)14-9-11-22-12-10-14/h1-13H,(H,23,24)(H,25,26)/b8-7+. The van der Waals surface area contributed by atoms with Crippen LogP contribution in [0.4, 0.5) is 0 Å². The molecule has 3 heterocycles. The van der Waals surface area contributed by atoms with Crippen molar-refractivity contribution in [2.45, 2.75) is 0 Å². The minimum absolute atomic E-state index is 0.816. The second-order valence-corrected chi connectivity index (χ2v) is 6.08. The van der Waals surface area contributed by atoms with E-state index in [0.717, 1.165) is 44.6 Å². The van der Waals surface area contributed by atoms with E-state index < -0.39 is 0 Å². The molecule has 124 valence electrons. The maximum atomic E-state index is 4.56. The van der Waals surface area contributed by atoms with Crippen LogP contribution in [-0.2, 0) is 0 Å². The summed E-state index contributed by atoms with van der Waals surface area (Å²) in [5.41, 5.74) is 6.15. The first-order chi connectivity index (χ1) is 12.9. The van der Waals surface area contributed by atoms with Gasteiger partial charge in [-0.1, -0.05) is 18.2 Å². The van der Waals surface area contributed by atoms with Crippen LogP contribution in [0.3, 0.4) is 0 Å². The van der Waals surface area contributed by atoms with E-state index in [1.807, 2.05) is 48.6 Å². The average Bonchev–Trinajstić information content (AvgIpc) is 3.30. The molecule has 5 heteroatoms. The van der Waals surface area contributed by atoms with Gasteiger partial charge in [0.05, 0.1) is 22.2 Å². The summed E-state index contributed by atoms with van der Waals surface area (Å²) in [5.74, 6) is 0.816. The number of H-pyrrole nitrogens is 2. The summed E-state index contributed by atoms with van der Waals surface area (Å²) in [7, 11) is 0. The molecule has 2 aromatic carbocycles. The van der Waals surface area contributed by atoms with Crippen LogP contribution in [0.2, 0.25) is 0 Å². The summed E-state index contributed by atoms with van der Waals surface area (Å²) in [6.45, 7) is 0. The van der Waals surface area contributed by atoms with Crippen LogP contribution in [0, 0.1) is 0 Å². The monoisotopic (exact) mass is 337 g/mol. The molecule has 0 saturated heterocycles. The van der Waals surface area contributed by atoms with Gasteiger partial charge >= 0.3 is 0 Å². The van der Waals surface area contributed by atoms with Crippen molar-refractivity contribution in [3.63, 3.8) is 0 Å². The van der Waals surface area contributed by atoms with Gasteiger partial charge in [0.25, 0.3) is 0 Å². The number of imidazole rings is 1. The van der Waals surface area contributed by atoms with Gasteiger partial charge in [-0.15, -0.1) is 0 Å². The number of aromatic nitrogens is 5. The van der Waals surface area contributed by atoms with Gasteiger partial charge in [0, 0.05) is 17.8 Å². The number of pyridine rings is 1. The topological polar surface area (TPSA) is 70.2 Å². The number of rotatable bonds is 3. The van der Waals surface area contributed by atoms with E-state index in [2.05, 4.69) is 43.3 Å². The van der Waals surface area contributed by atoms with E-state index in [1.165, 1.54) is 0 Å². The molecule has 3 aromatic heterocycles. The quantitative estimate of drug-likeness (QED) is 0.502. The van der Waals surface area contributed by atoms with Crippen LogP contribution >= 0.6 is 0 Å². The second kappa shape index (κ2) is 5.97. The Hall–Kier alpha value is -3.73. The highest BCUT2D eigenvalue weighted by Crippen LogP contribution is 2.25. The van der Waals surface area contributed by atoms with Gasteiger partial charge in [0.1, 0.15) is 5.82 Å². The Morgan fingerprint density at radius 3 is 2.58 bits per heavy atom. The van der Waals surface area contributed by atoms with E-state index >= 15 is 0 Å². The van der Waals surface area contributed by atoms with Crippen LogP contribution in [0.1, 0.15) is 11.5 Å². The van der Waals surface area contributed by atoms with Gasteiger partial charge in [0.2, 0.25) is 0 Å². The molecule has 0 atom stereocenters. The minimum atomic E-state index is 0.816. The summed E-state index contributed by atoms with van der Waals surface area (Å²) in [6.07, 6.45) is 7.52. The molecule has 0 spiro atoms. The molecule has 0 radical (unpaired) electrons. The van der Waals surface area contributed by atoms with Gasteiger partial charge in [-0.25, -0.2) is 4.98 Å². The SMILES string of the molecule is C(=C\c1n[nH]c2cc(-c3ccncc3)ccc12)/c1nc2ccccc2[nH]1. The fourth-order valence-electron chi connectivity index (χ4n) is 3.10. The number of aromatic amines is 2. The number of benzene rings is 2. The lowest BCUT2D eigenvalue weighted by molar-refractivity contribution is 1.11. The number of hydrogen-bond donors (Lipinski definition) is 2. The first kappa shape index (κ1) is 14.6. The highest BCUT2D eigenvalue weighted by molar-refractivity contribution is 5.92. The molecule has 2 N–H and O–H groups in total. The van der Waals surface area contributed by atoms with Gasteiger partial charge in [0.15, 0.2) is 0 Å². The maximum Gasteiger partial charge on any atom is 0.131 e. The summed E-state index contributed by atoms with van der Waals surface area (Å²) in [4.78, 5) is 11.9. The molecule has 0 amide bonds. The van der Waals surface area contributed by atoms with Gasteiger partial charge in [-0.3, -0.25) is 10.1 Å². The normalized spacial score (nSPS) is 11.7. The molecule has 0 saturated carbocycles. The Kier molecular flexibility index (Phi) is 3.35. The second-order valence-electron chi connectivity index (χ2n) is 6.08.